The van der Waals surface area contributed by atoms with Crippen LogP contribution in [0.15, 0.2) is 24.3 Å². The molecule has 3 aliphatic heterocycles. The third-order valence-corrected chi connectivity index (χ3v) is 9.67. The molecule has 52 heavy (non-hydrogen) atoms. The second kappa shape index (κ2) is 17.8. The molecule has 0 spiro atoms. The summed E-state index contributed by atoms with van der Waals surface area (Å²) in [6.07, 6.45) is -16.4. The van der Waals surface area contributed by atoms with Gasteiger partial charge in [0.05, 0.1) is 18.2 Å². The third kappa shape index (κ3) is 8.58. The molecular formula is C32H53N7O13. The van der Waals surface area contributed by atoms with Gasteiger partial charge in [-0.15, -0.1) is 6.42 Å². The summed E-state index contributed by atoms with van der Waals surface area (Å²) in [7, 11) is 0. The summed E-state index contributed by atoms with van der Waals surface area (Å²) in [6.45, 7) is -0.415. The average molecular weight is 744 g/mol. The van der Waals surface area contributed by atoms with E-state index in [9.17, 15) is 35.4 Å². The fourth-order valence-corrected chi connectivity index (χ4v) is 6.59. The van der Waals surface area contributed by atoms with Gasteiger partial charge in [0.2, 0.25) is 0 Å². The first-order valence-corrected chi connectivity index (χ1v) is 16.5. The minimum atomic E-state index is -1.80. The normalized spacial score (nSPS) is 45.1. The Morgan fingerprint density at radius 2 is 1.21 bits per heavy atom. The zero-order chi connectivity index (χ0) is 37.3. The second-order valence-electron chi connectivity index (χ2n) is 13.2. The monoisotopic (exact) mass is 743 g/mol. The Hall–Kier alpha value is -2.47. The van der Waals surface area contributed by atoms with Gasteiger partial charge in [0.15, 0.2) is 25.0 Å². The van der Waals surface area contributed by atoms with Crippen molar-refractivity contribution in [3.05, 3.63) is 29.8 Å². The highest BCUT2D eigenvalue weighted by atomic mass is 16.8. The summed E-state index contributed by atoms with van der Waals surface area (Å²) in [6, 6.07) is 1.76. The molecule has 0 aromatic heterocycles. The van der Waals surface area contributed by atoms with Gasteiger partial charge in [-0.1, -0.05) is 13.3 Å². The van der Waals surface area contributed by atoms with Crippen molar-refractivity contribution in [2.24, 2.45) is 34.4 Å². The van der Waals surface area contributed by atoms with Gasteiger partial charge in [0.25, 0.3) is 5.91 Å². The maximum Gasteiger partial charge on any atom is 0.256 e. The van der Waals surface area contributed by atoms with Crippen molar-refractivity contribution >= 4 is 11.6 Å². The van der Waals surface area contributed by atoms with Crippen LogP contribution in [0.5, 0.6) is 0 Å². The standard InChI is InChI=1S/C31H49N7O13.CH4/c1-2-10-3-5-11(6-4-10)38-28(45)27-26(49-30-17(37)22(43)20(41)15(9-33)47-30)23(44)31(51-27)50-25-18(39)12(34)7-13(35)24(25)48-29-16(36)21(42)19(40)14(8-32)46-29;/h1,3-6,12-27,29-31,39-44H,7-9,32-37H2,(H,38,45);1H4/t12-,13?,14?,15+,16+,17?,18-,19-,20-,21-,22?,23-,24-,25-,26?,27+,29-,30-,31-;/m1./s1. The average Bonchev–Trinajstić information content (AvgIpc) is 3.42. The summed E-state index contributed by atoms with van der Waals surface area (Å²) < 4.78 is 35.4. The van der Waals surface area contributed by atoms with E-state index in [1.54, 1.807) is 24.3 Å². The van der Waals surface area contributed by atoms with E-state index >= 15 is 0 Å². The van der Waals surface area contributed by atoms with Gasteiger partial charge >= 0.3 is 0 Å². The predicted molar refractivity (Wildman–Crippen MR) is 181 cm³/mol. The van der Waals surface area contributed by atoms with E-state index in [0.717, 1.165) is 0 Å². The van der Waals surface area contributed by atoms with E-state index in [0.29, 0.717) is 11.3 Å². The Kier molecular flexibility index (Phi) is 14.5. The highest BCUT2D eigenvalue weighted by Crippen LogP contribution is 2.35. The molecule has 3 saturated heterocycles. The lowest BCUT2D eigenvalue weighted by Crippen LogP contribution is -2.68. The van der Waals surface area contributed by atoms with Crippen molar-refractivity contribution < 1.29 is 63.9 Å². The molecule has 19 atom stereocenters. The maximum atomic E-state index is 13.7. The predicted octanol–water partition coefficient (Wildman–Crippen LogP) is -6.63. The molecular weight excluding hydrogens is 690 g/mol. The number of carbonyl (C=O) groups excluding carboxylic acids is 1. The minimum Gasteiger partial charge on any atom is -0.389 e. The largest absolute Gasteiger partial charge is 0.389 e. The first-order chi connectivity index (χ1) is 24.2. The molecule has 294 valence electrons. The molecule has 5 rings (SSSR count). The van der Waals surface area contributed by atoms with Crippen molar-refractivity contribution in [2.75, 3.05) is 18.4 Å². The minimum absolute atomic E-state index is 0. The first kappa shape index (κ1) is 42.3. The number of hydrogen-bond acceptors (Lipinski definition) is 19. The molecule has 0 bridgehead atoms. The maximum absolute atomic E-state index is 13.7. The van der Waals surface area contributed by atoms with Crippen LogP contribution in [0.4, 0.5) is 5.69 Å². The van der Waals surface area contributed by atoms with Crippen molar-refractivity contribution in [1.82, 2.24) is 0 Å². The van der Waals surface area contributed by atoms with Gasteiger partial charge in [0.1, 0.15) is 61.0 Å². The van der Waals surface area contributed by atoms with Crippen LogP contribution in [0.2, 0.25) is 0 Å². The van der Waals surface area contributed by atoms with Crippen molar-refractivity contribution in [3.8, 4) is 12.3 Å². The second-order valence-corrected chi connectivity index (χ2v) is 13.2. The fourth-order valence-electron chi connectivity index (χ4n) is 6.59. The van der Waals surface area contributed by atoms with E-state index < -0.39 is 122 Å². The zero-order valence-electron chi connectivity index (χ0n) is 27.5. The Balaban J connectivity index is 0.00000605. The van der Waals surface area contributed by atoms with Gasteiger partial charge in [-0.25, -0.2) is 0 Å². The molecule has 1 aromatic carbocycles. The lowest BCUT2D eigenvalue weighted by Gasteiger charge is -2.47. The molecule has 20 heteroatoms. The molecule has 1 saturated carbocycles. The number of hydrogen-bond donors (Lipinski definition) is 13. The smallest absolute Gasteiger partial charge is 0.256 e. The van der Waals surface area contributed by atoms with Gasteiger partial charge < -0.3 is 98.8 Å². The summed E-state index contributed by atoms with van der Waals surface area (Å²) in [5.74, 6) is 1.65. The van der Waals surface area contributed by atoms with Crippen LogP contribution in [0, 0.1) is 12.3 Å². The van der Waals surface area contributed by atoms with Crippen LogP contribution in [0.25, 0.3) is 0 Å². The Morgan fingerprint density at radius 1 is 0.712 bits per heavy atom. The van der Waals surface area contributed by atoms with Crippen LogP contribution < -0.4 is 39.7 Å². The number of aliphatic hydroxyl groups is 6. The van der Waals surface area contributed by atoms with Crippen LogP contribution in [0.1, 0.15) is 19.4 Å². The van der Waals surface area contributed by atoms with Crippen LogP contribution >= 0.6 is 0 Å². The number of aliphatic hydroxyl groups excluding tert-OH is 6. The van der Waals surface area contributed by atoms with Crippen molar-refractivity contribution in [2.45, 2.75) is 130 Å². The topological polar surface area (TPSA) is 362 Å². The number of ether oxygens (including phenoxy) is 6. The van der Waals surface area contributed by atoms with Crippen LogP contribution in [-0.2, 0) is 33.2 Å². The highest BCUT2D eigenvalue weighted by molar-refractivity contribution is 5.95. The molecule has 0 radical (unpaired) electrons. The molecule has 4 fully saturated rings. The van der Waals surface area contributed by atoms with E-state index in [2.05, 4.69) is 11.2 Å². The molecule has 19 N–H and O–H groups in total. The number of amides is 1. The molecule has 20 nitrogen and oxygen atoms in total. The van der Waals surface area contributed by atoms with Crippen LogP contribution in [0.3, 0.4) is 0 Å². The van der Waals surface area contributed by atoms with E-state index in [4.69, 9.17) is 69.2 Å². The molecule has 1 aromatic rings. The number of carbonyl (C=O) groups is 1. The number of rotatable bonds is 10. The number of nitrogens with two attached hydrogens (primary N) is 6. The Bertz CT molecular complexity index is 1360. The lowest BCUT2D eigenvalue weighted by atomic mass is 9.84. The van der Waals surface area contributed by atoms with E-state index in [-0.39, 0.29) is 26.9 Å². The lowest BCUT2D eigenvalue weighted by molar-refractivity contribution is -0.306. The zero-order valence-corrected chi connectivity index (χ0v) is 27.5. The fraction of sp³-hybridized carbons (Fsp3) is 0.719. The molecule has 1 amide bonds. The molecule has 5 unspecified atom stereocenters. The molecule has 1 aliphatic carbocycles. The Morgan fingerprint density at radius 3 is 1.71 bits per heavy atom. The summed E-state index contributed by atoms with van der Waals surface area (Å²) >= 11 is 0. The highest BCUT2D eigenvalue weighted by Gasteiger charge is 2.56. The number of anilines is 1. The summed E-state index contributed by atoms with van der Waals surface area (Å²) in [5, 5.41) is 67.1. The SMILES string of the molecule is C.C#Cc1ccc(NC(=O)[C@H]2O[C@@H](O[C@@H]3[C@H](O)[C@H](N)CC(N)[C@H]3O[C@H]3OC(CN)[C@@H](O)[C@H](O)[C@@H]3N)[C@H](O)C2O[C@H]2O[C@@H](CN)[C@@H](O)C(O)C2N)cc1. The Labute approximate surface area is 300 Å². The van der Waals surface area contributed by atoms with Crippen LogP contribution in [-0.4, -0.2) is 166 Å². The third-order valence-electron chi connectivity index (χ3n) is 9.67. The van der Waals surface area contributed by atoms with Gasteiger partial charge in [-0.2, -0.15) is 0 Å². The van der Waals surface area contributed by atoms with Crippen molar-refractivity contribution in [1.29, 1.82) is 0 Å². The molecule has 3 heterocycles. The van der Waals surface area contributed by atoms with E-state index in [1.165, 1.54) is 0 Å². The number of nitrogens with one attached hydrogen (secondary N) is 1. The van der Waals surface area contributed by atoms with Gasteiger partial charge in [-0.3, -0.25) is 4.79 Å². The van der Waals surface area contributed by atoms with Gasteiger partial charge in [-0.05, 0) is 30.7 Å². The van der Waals surface area contributed by atoms with Crippen molar-refractivity contribution in [3.63, 3.8) is 0 Å². The summed E-state index contributed by atoms with van der Waals surface area (Å²) in [4.78, 5) is 13.7. The quantitative estimate of drug-likeness (QED) is 0.0990. The van der Waals surface area contributed by atoms with Gasteiger partial charge in [0, 0.05) is 36.4 Å². The molecule has 4 aliphatic rings. The number of terminal acetylenes is 1. The first-order valence-electron chi connectivity index (χ1n) is 16.5. The summed E-state index contributed by atoms with van der Waals surface area (Å²) in [5.41, 5.74) is 37.0. The van der Waals surface area contributed by atoms with E-state index in [1.807, 2.05) is 0 Å². The number of benzene rings is 1.